The van der Waals surface area contributed by atoms with Crippen LogP contribution < -0.4 is 20.1 Å². The lowest BCUT2D eigenvalue weighted by Gasteiger charge is -2.20. The van der Waals surface area contributed by atoms with Crippen molar-refractivity contribution in [3.05, 3.63) is 66.4 Å². The number of hydrogen-bond acceptors (Lipinski definition) is 4. The van der Waals surface area contributed by atoms with Crippen LogP contribution >= 0.6 is 0 Å². The molecule has 5 heteroatoms. The molecule has 0 bridgehead atoms. The highest BCUT2D eigenvalue weighted by Crippen LogP contribution is 2.31. The number of benzene rings is 2. The maximum absolute atomic E-state index is 12.7. The zero-order valence-electron chi connectivity index (χ0n) is 13.6. The first-order chi connectivity index (χ1) is 11.6. The van der Waals surface area contributed by atoms with Crippen molar-refractivity contribution < 1.29 is 14.3 Å². The van der Waals surface area contributed by atoms with Gasteiger partial charge < -0.3 is 20.1 Å². The molecule has 0 saturated heterocycles. The Morgan fingerprint density at radius 2 is 1.75 bits per heavy atom. The smallest absolute Gasteiger partial charge is 0.257 e. The van der Waals surface area contributed by atoms with Crippen LogP contribution in [0.25, 0.3) is 11.3 Å². The second-order valence-electron chi connectivity index (χ2n) is 5.25. The van der Waals surface area contributed by atoms with Crippen molar-refractivity contribution in [2.24, 2.45) is 0 Å². The van der Waals surface area contributed by atoms with E-state index in [4.69, 9.17) is 9.47 Å². The zero-order valence-corrected chi connectivity index (χ0v) is 13.6. The van der Waals surface area contributed by atoms with Crippen LogP contribution in [0.15, 0.2) is 55.2 Å². The fraction of sp³-hybridized carbons (Fsp3) is 0.105. The molecule has 0 saturated carbocycles. The Balaban J connectivity index is 1.87. The molecule has 122 valence electrons. The average molecular weight is 322 g/mol. The van der Waals surface area contributed by atoms with E-state index in [-0.39, 0.29) is 5.91 Å². The summed E-state index contributed by atoms with van der Waals surface area (Å²) < 4.78 is 10.5. The lowest BCUT2D eigenvalue weighted by molar-refractivity contribution is -0.111. The SMILES string of the molecule is C=C1NC=C(C(=O)Nc2ccc(OC)c(OC)c2)c2ccccc21. The van der Waals surface area contributed by atoms with Crippen LogP contribution in [0.1, 0.15) is 11.1 Å². The van der Waals surface area contributed by atoms with Gasteiger partial charge in [-0.05, 0) is 17.7 Å². The predicted octanol–water partition coefficient (Wildman–Crippen LogP) is 3.26. The first-order valence-corrected chi connectivity index (χ1v) is 7.43. The number of anilines is 1. The number of carbonyl (C=O) groups excluding carboxylic acids is 1. The van der Waals surface area contributed by atoms with Gasteiger partial charge in [-0.1, -0.05) is 30.8 Å². The maximum Gasteiger partial charge on any atom is 0.257 e. The van der Waals surface area contributed by atoms with Gasteiger partial charge in [0.05, 0.1) is 19.8 Å². The molecular weight excluding hydrogens is 304 g/mol. The molecule has 2 aromatic carbocycles. The van der Waals surface area contributed by atoms with Crippen molar-refractivity contribution in [2.75, 3.05) is 19.5 Å². The molecule has 2 aromatic rings. The monoisotopic (exact) mass is 322 g/mol. The van der Waals surface area contributed by atoms with Crippen LogP contribution in [0.5, 0.6) is 11.5 Å². The summed E-state index contributed by atoms with van der Waals surface area (Å²) in [4.78, 5) is 12.7. The molecule has 1 aliphatic heterocycles. The molecule has 0 radical (unpaired) electrons. The van der Waals surface area contributed by atoms with Crippen molar-refractivity contribution in [3.63, 3.8) is 0 Å². The molecule has 0 unspecified atom stereocenters. The first kappa shape index (κ1) is 15.7. The van der Waals surface area contributed by atoms with Gasteiger partial charge in [0.1, 0.15) is 0 Å². The summed E-state index contributed by atoms with van der Waals surface area (Å²) in [5.41, 5.74) is 3.71. The fourth-order valence-electron chi connectivity index (χ4n) is 2.60. The van der Waals surface area contributed by atoms with Crippen molar-refractivity contribution >= 4 is 22.9 Å². The highest BCUT2D eigenvalue weighted by Gasteiger charge is 2.20. The Hall–Kier alpha value is -3.21. The van der Waals surface area contributed by atoms with Crippen molar-refractivity contribution in [3.8, 4) is 11.5 Å². The lowest BCUT2D eigenvalue weighted by Crippen LogP contribution is -2.20. The molecule has 24 heavy (non-hydrogen) atoms. The largest absolute Gasteiger partial charge is 0.493 e. The third-order valence-electron chi connectivity index (χ3n) is 3.82. The number of amides is 1. The van der Waals surface area contributed by atoms with Crippen LogP contribution in [-0.2, 0) is 4.79 Å². The van der Waals surface area contributed by atoms with Gasteiger partial charge in [-0.25, -0.2) is 0 Å². The van der Waals surface area contributed by atoms with Gasteiger partial charge >= 0.3 is 0 Å². The van der Waals surface area contributed by atoms with E-state index in [1.54, 1.807) is 38.6 Å². The van der Waals surface area contributed by atoms with E-state index in [9.17, 15) is 4.79 Å². The Morgan fingerprint density at radius 1 is 1.04 bits per heavy atom. The van der Waals surface area contributed by atoms with Crippen molar-refractivity contribution in [2.45, 2.75) is 0 Å². The van der Waals surface area contributed by atoms with Gasteiger partial charge in [0.15, 0.2) is 11.5 Å². The number of methoxy groups -OCH3 is 2. The second kappa shape index (κ2) is 6.50. The van der Waals surface area contributed by atoms with E-state index in [1.165, 1.54) is 0 Å². The highest BCUT2D eigenvalue weighted by atomic mass is 16.5. The number of carbonyl (C=O) groups is 1. The molecular formula is C19H18N2O3. The predicted molar refractivity (Wildman–Crippen MR) is 94.8 cm³/mol. The van der Waals surface area contributed by atoms with Crippen molar-refractivity contribution in [1.29, 1.82) is 0 Å². The standard InChI is InChI=1S/C19H18N2O3/c1-12-14-6-4-5-7-15(14)16(11-20-12)19(22)21-13-8-9-17(23-2)18(10-13)24-3/h4-11,20H,1H2,2-3H3,(H,21,22). The number of hydrogen-bond donors (Lipinski definition) is 2. The minimum atomic E-state index is -0.213. The Morgan fingerprint density at radius 3 is 2.46 bits per heavy atom. The van der Waals surface area contributed by atoms with Crippen LogP contribution in [0.3, 0.4) is 0 Å². The molecule has 1 heterocycles. The molecule has 5 nitrogen and oxygen atoms in total. The second-order valence-corrected chi connectivity index (χ2v) is 5.25. The van der Waals surface area contributed by atoms with E-state index in [0.717, 1.165) is 16.8 Å². The van der Waals surface area contributed by atoms with E-state index in [0.29, 0.717) is 22.8 Å². The average Bonchev–Trinajstić information content (AvgIpc) is 2.62. The zero-order chi connectivity index (χ0) is 17.1. The number of fused-ring (bicyclic) bond motifs is 1. The third-order valence-corrected chi connectivity index (χ3v) is 3.82. The lowest BCUT2D eigenvalue weighted by atomic mass is 9.95. The third kappa shape index (κ3) is 2.84. The molecule has 1 amide bonds. The highest BCUT2D eigenvalue weighted by molar-refractivity contribution is 6.26. The number of rotatable bonds is 4. The van der Waals surface area contributed by atoms with E-state index < -0.39 is 0 Å². The molecule has 0 fully saturated rings. The quantitative estimate of drug-likeness (QED) is 0.907. The van der Waals surface area contributed by atoms with Gasteiger partial charge in [0, 0.05) is 29.2 Å². The summed E-state index contributed by atoms with van der Waals surface area (Å²) in [6, 6.07) is 12.9. The fourth-order valence-corrected chi connectivity index (χ4v) is 2.60. The summed E-state index contributed by atoms with van der Waals surface area (Å²) >= 11 is 0. The normalized spacial score (nSPS) is 12.6. The molecule has 2 N–H and O–H groups in total. The van der Waals surface area contributed by atoms with Crippen LogP contribution in [0, 0.1) is 0 Å². The summed E-state index contributed by atoms with van der Waals surface area (Å²) in [5, 5.41) is 5.91. The van der Waals surface area contributed by atoms with Gasteiger partial charge in [-0.2, -0.15) is 0 Å². The van der Waals surface area contributed by atoms with Crippen LogP contribution in [-0.4, -0.2) is 20.1 Å². The van der Waals surface area contributed by atoms with Crippen molar-refractivity contribution in [1.82, 2.24) is 5.32 Å². The van der Waals surface area contributed by atoms with E-state index in [2.05, 4.69) is 17.2 Å². The summed E-state index contributed by atoms with van der Waals surface area (Å²) in [6.45, 7) is 3.96. The van der Waals surface area contributed by atoms with Crippen LogP contribution in [0.4, 0.5) is 5.69 Å². The summed E-state index contributed by atoms with van der Waals surface area (Å²) in [5.74, 6) is 0.949. The molecule has 3 rings (SSSR count). The van der Waals surface area contributed by atoms with Gasteiger partial charge in [0.2, 0.25) is 0 Å². The van der Waals surface area contributed by atoms with E-state index in [1.807, 2.05) is 24.3 Å². The molecule has 1 aliphatic rings. The molecule has 0 atom stereocenters. The maximum atomic E-state index is 12.7. The summed E-state index contributed by atoms with van der Waals surface area (Å²) in [7, 11) is 3.12. The van der Waals surface area contributed by atoms with Crippen LogP contribution in [0.2, 0.25) is 0 Å². The minimum Gasteiger partial charge on any atom is -0.493 e. The molecule has 0 spiro atoms. The van der Waals surface area contributed by atoms with Gasteiger partial charge in [-0.15, -0.1) is 0 Å². The van der Waals surface area contributed by atoms with E-state index >= 15 is 0 Å². The number of nitrogens with one attached hydrogen (secondary N) is 2. The Kier molecular flexibility index (Phi) is 4.24. The summed E-state index contributed by atoms with van der Waals surface area (Å²) in [6.07, 6.45) is 1.67. The minimum absolute atomic E-state index is 0.213. The van der Waals surface area contributed by atoms with Gasteiger partial charge in [-0.3, -0.25) is 4.79 Å². The van der Waals surface area contributed by atoms with Gasteiger partial charge in [0.25, 0.3) is 5.91 Å². The molecule has 0 aromatic heterocycles. The topological polar surface area (TPSA) is 59.6 Å². The number of ether oxygens (including phenoxy) is 2. The first-order valence-electron chi connectivity index (χ1n) is 7.43. The Labute approximate surface area is 140 Å². The Bertz CT molecular complexity index is 840. The molecule has 0 aliphatic carbocycles.